The monoisotopic (exact) mass is 290 g/mol. The van der Waals surface area contributed by atoms with Gasteiger partial charge in [0, 0.05) is 5.56 Å². The van der Waals surface area contributed by atoms with Crippen LogP contribution in [-0.2, 0) is 6.42 Å². The van der Waals surface area contributed by atoms with E-state index in [1.807, 2.05) is 24.3 Å². The van der Waals surface area contributed by atoms with Crippen LogP contribution in [0.1, 0.15) is 23.6 Å². The van der Waals surface area contributed by atoms with E-state index in [2.05, 4.69) is 17.1 Å². The van der Waals surface area contributed by atoms with Crippen molar-refractivity contribution in [2.75, 3.05) is 0 Å². The molecule has 21 heavy (non-hydrogen) atoms. The number of benzene rings is 2. The molecule has 0 bridgehead atoms. The van der Waals surface area contributed by atoms with Crippen LogP contribution in [0.2, 0.25) is 0 Å². The van der Waals surface area contributed by atoms with E-state index in [9.17, 15) is 13.2 Å². The molecule has 0 radical (unpaired) electrons. The third-order valence-electron chi connectivity index (χ3n) is 2.87. The van der Waals surface area contributed by atoms with E-state index >= 15 is 0 Å². The Labute approximate surface area is 120 Å². The molecule has 2 rings (SSSR count). The summed E-state index contributed by atoms with van der Waals surface area (Å²) in [5.41, 5.74) is 2.18. The maximum absolute atomic E-state index is 13.0. The summed E-state index contributed by atoms with van der Waals surface area (Å²) in [5.74, 6) is -4.00. The van der Waals surface area contributed by atoms with Gasteiger partial charge >= 0.3 is 0 Å². The SMILES string of the molecule is CCc1ccc(/C=N/N=C/c2cc(F)c(F)c(F)c2)cc1. The number of rotatable bonds is 4. The van der Waals surface area contributed by atoms with Gasteiger partial charge in [-0.1, -0.05) is 31.2 Å². The fraction of sp³-hybridized carbons (Fsp3) is 0.125. The second-order valence-electron chi connectivity index (χ2n) is 4.38. The van der Waals surface area contributed by atoms with Crippen LogP contribution in [0.3, 0.4) is 0 Å². The fourth-order valence-corrected chi connectivity index (χ4v) is 1.69. The highest BCUT2D eigenvalue weighted by Crippen LogP contribution is 2.12. The van der Waals surface area contributed by atoms with Gasteiger partial charge in [0.1, 0.15) is 0 Å². The van der Waals surface area contributed by atoms with Crippen molar-refractivity contribution in [3.63, 3.8) is 0 Å². The van der Waals surface area contributed by atoms with E-state index < -0.39 is 17.5 Å². The summed E-state index contributed by atoms with van der Waals surface area (Å²) in [7, 11) is 0. The van der Waals surface area contributed by atoms with Gasteiger partial charge in [0.15, 0.2) is 17.5 Å². The van der Waals surface area contributed by atoms with Gasteiger partial charge in [0.25, 0.3) is 0 Å². The standard InChI is InChI=1S/C16H13F3N2/c1-2-11-3-5-12(6-4-11)9-20-21-10-13-7-14(17)16(19)15(18)8-13/h3-10H,2H2,1H3/b20-9+,21-10+. The lowest BCUT2D eigenvalue weighted by Crippen LogP contribution is -1.93. The van der Waals surface area contributed by atoms with Gasteiger partial charge in [-0.15, -0.1) is 0 Å². The predicted octanol–water partition coefficient (Wildman–Crippen LogP) is 4.12. The molecule has 0 aliphatic carbocycles. The quantitative estimate of drug-likeness (QED) is 0.460. The second kappa shape index (κ2) is 6.83. The molecule has 5 heteroatoms. The van der Waals surface area contributed by atoms with Crippen molar-refractivity contribution in [1.82, 2.24) is 0 Å². The molecule has 2 nitrogen and oxygen atoms in total. The Morgan fingerprint density at radius 3 is 1.90 bits per heavy atom. The first-order valence-corrected chi connectivity index (χ1v) is 6.40. The molecule has 0 saturated heterocycles. The average Bonchev–Trinajstić information content (AvgIpc) is 2.49. The molecule has 0 heterocycles. The van der Waals surface area contributed by atoms with Crippen LogP contribution < -0.4 is 0 Å². The Morgan fingerprint density at radius 2 is 1.38 bits per heavy atom. The van der Waals surface area contributed by atoms with Crippen molar-refractivity contribution in [2.24, 2.45) is 10.2 Å². The van der Waals surface area contributed by atoms with E-state index in [0.29, 0.717) is 0 Å². The molecule has 0 aliphatic rings. The zero-order chi connectivity index (χ0) is 15.2. The van der Waals surface area contributed by atoms with Gasteiger partial charge in [-0.2, -0.15) is 10.2 Å². The average molecular weight is 290 g/mol. The van der Waals surface area contributed by atoms with Gasteiger partial charge in [0.2, 0.25) is 0 Å². The first-order chi connectivity index (χ1) is 10.1. The number of halogens is 3. The lowest BCUT2D eigenvalue weighted by Gasteiger charge is -1.97. The Hall–Kier alpha value is -2.43. The third-order valence-corrected chi connectivity index (χ3v) is 2.87. The Morgan fingerprint density at radius 1 is 0.857 bits per heavy atom. The van der Waals surface area contributed by atoms with Crippen molar-refractivity contribution >= 4 is 12.4 Å². The molecule has 2 aromatic rings. The van der Waals surface area contributed by atoms with Crippen molar-refractivity contribution in [3.8, 4) is 0 Å². The zero-order valence-corrected chi connectivity index (χ0v) is 11.4. The first kappa shape index (κ1) is 15.0. The van der Waals surface area contributed by atoms with Gasteiger partial charge in [-0.25, -0.2) is 13.2 Å². The molecule has 0 aromatic heterocycles. The minimum absolute atomic E-state index is 0.102. The highest BCUT2D eigenvalue weighted by Gasteiger charge is 2.09. The van der Waals surface area contributed by atoms with E-state index in [4.69, 9.17) is 0 Å². The third kappa shape index (κ3) is 4.02. The van der Waals surface area contributed by atoms with Crippen molar-refractivity contribution in [2.45, 2.75) is 13.3 Å². The molecule has 0 fully saturated rings. The van der Waals surface area contributed by atoms with Crippen LogP contribution in [0.5, 0.6) is 0 Å². The number of aryl methyl sites for hydroxylation is 1. The van der Waals surface area contributed by atoms with Crippen molar-refractivity contribution in [3.05, 3.63) is 70.5 Å². The molecule has 0 aliphatic heterocycles. The summed E-state index contributed by atoms with van der Waals surface area (Å²) in [6, 6.07) is 9.47. The van der Waals surface area contributed by atoms with Gasteiger partial charge in [0.05, 0.1) is 12.4 Å². The lowest BCUT2D eigenvalue weighted by molar-refractivity contribution is 0.447. The number of nitrogens with zero attached hydrogens (tertiary/aromatic N) is 2. The fourth-order valence-electron chi connectivity index (χ4n) is 1.69. The first-order valence-electron chi connectivity index (χ1n) is 6.40. The molecule has 108 valence electrons. The second-order valence-corrected chi connectivity index (χ2v) is 4.38. The molecular weight excluding hydrogens is 277 g/mol. The summed E-state index contributed by atoms with van der Waals surface area (Å²) in [5, 5.41) is 7.46. The highest BCUT2D eigenvalue weighted by atomic mass is 19.2. The Kier molecular flexibility index (Phi) is 4.87. The van der Waals surface area contributed by atoms with Crippen LogP contribution >= 0.6 is 0 Å². The summed E-state index contributed by atoms with van der Waals surface area (Å²) >= 11 is 0. The van der Waals surface area contributed by atoms with E-state index in [-0.39, 0.29) is 5.56 Å². The normalized spacial score (nSPS) is 11.6. The molecular formula is C16H13F3N2. The Balaban J connectivity index is 2.06. The molecule has 0 amide bonds. The molecule has 0 atom stereocenters. The van der Waals surface area contributed by atoms with Gasteiger partial charge in [-0.3, -0.25) is 0 Å². The predicted molar refractivity (Wildman–Crippen MR) is 77.3 cm³/mol. The van der Waals surface area contributed by atoms with Gasteiger partial charge < -0.3 is 0 Å². The van der Waals surface area contributed by atoms with Crippen molar-refractivity contribution < 1.29 is 13.2 Å². The van der Waals surface area contributed by atoms with Crippen LogP contribution in [0.15, 0.2) is 46.6 Å². The molecule has 0 N–H and O–H groups in total. The minimum atomic E-state index is -1.49. The largest absolute Gasteiger partial charge is 0.204 e. The number of hydrogen-bond acceptors (Lipinski definition) is 2. The lowest BCUT2D eigenvalue weighted by atomic mass is 10.1. The minimum Gasteiger partial charge on any atom is -0.204 e. The summed E-state index contributed by atoms with van der Waals surface area (Å²) in [6.07, 6.45) is 3.63. The van der Waals surface area contributed by atoms with Crippen LogP contribution in [0, 0.1) is 17.5 Å². The van der Waals surface area contributed by atoms with E-state index in [1.54, 1.807) is 0 Å². The zero-order valence-electron chi connectivity index (χ0n) is 11.4. The van der Waals surface area contributed by atoms with Crippen LogP contribution in [0.4, 0.5) is 13.2 Å². The molecule has 0 spiro atoms. The van der Waals surface area contributed by atoms with E-state index in [0.717, 1.165) is 30.3 Å². The summed E-state index contributed by atoms with van der Waals surface area (Å²) in [4.78, 5) is 0. The highest BCUT2D eigenvalue weighted by molar-refractivity contribution is 5.82. The smallest absolute Gasteiger partial charge is 0.194 e. The topological polar surface area (TPSA) is 24.7 Å². The van der Waals surface area contributed by atoms with Gasteiger partial charge in [-0.05, 0) is 29.7 Å². The number of hydrogen-bond donors (Lipinski definition) is 0. The molecule has 0 saturated carbocycles. The van der Waals surface area contributed by atoms with E-state index in [1.165, 1.54) is 11.8 Å². The summed E-state index contributed by atoms with van der Waals surface area (Å²) in [6.45, 7) is 2.06. The van der Waals surface area contributed by atoms with Crippen molar-refractivity contribution in [1.29, 1.82) is 0 Å². The van der Waals surface area contributed by atoms with Crippen LogP contribution in [-0.4, -0.2) is 12.4 Å². The molecule has 2 aromatic carbocycles. The molecule has 0 unspecified atom stereocenters. The maximum atomic E-state index is 13.0. The maximum Gasteiger partial charge on any atom is 0.194 e. The van der Waals surface area contributed by atoms with Crippen LogP contribution in [0.25, 0.3) is 0 Å². The summed E-state index contributed by atoms with van der Waals surface area (Å²) < 4.78 is 38.7. The Bertz CT molecular complexity index is 653.